The molecular weight excluding hydrogens is 318 g/mol. The lowest BCUT2D eigenvalue weighted by Gasteiger charge is -2.28. The number of para-hydroxylation sites is 1. The zero-order chi connectivity index (χ0) is 16.4. The summed E-state index contributed by atoms with van der Waals surface area (Å²) >= 11 is 0. The maximum Gasteiger partial charge on any atom is 0.251 e. The number of methoxy groups -OCH3 is 1. The van der Waals surface area contributed by atoms with Crippen LogP contribution in [0.2, 0.25) is 0 Å². The Bertz CT molecular complexity index is 788. The normalized spacial score (nSPS) is 19.7. The van der Waals surface area contributed by atoms with Gasteiger partial charge in [-0.1, -0.05) is 12.1 Å². The smallest absolute Gasteiger partial charge is 0.251 e. The van der Waals surface area contributed by atoms with Crippen LogP contribution in [0.5, 0.6) is 5.75 Å². The summed E-state index contributed by atoms with van der Waals surface area (Å²) in [5.74, 6) is 1.44. The van der Waals surface area contributed by atoms with Crippen LogP contribution in [0.4, 0.5) is 0 Å². The topological polar surface area (TPSA) is 85.5 Å². The Morgan fingerprint density at radius 2 is 2.09 bits per heavy atom. The number of piperidine rings is 1. The summed E-state index contributed by atoms with van der Waals surface area (Å²) < 4.78 is 36.0. The molecule has 3 rings (SSSR count). The van der Waals surface area contributed by atoms with E-state index in [-0.39, 0.29) is 5.92 Å². The number of ether oxygens (including phenoxy) is 1. The van der Waals surface area contributed by atoms with Crippen LogP contribution in [0.25, 0.3) is 11.5 Å². The highest BCUT2D eigenvalue weighted by Gasteiger charge is 2.30. The molecule has 23 heavy (non-hydrogen) atoms. The van der Waals surface area contributed by atoms with Crippen molar-refractivity contribution in [2.45, 2.75) is 18.8 Å². The average molecular weight is 337 g/mol. The molecule has 0 unspecified atom stereocenters. The van der Waals surface area contributed by atoms with Gasteiger partial charge in [-0.15, -0.1) is 10.2 Å². The van der Waals surface area contributed by atoms with Crippen molar-refractivity contribution in [2.24, 2.45) is 0 Å². The molecule has 0 radical (unpaired) electrons. The van der Waals surface area contributed by atoms with Crippen LogP contribution in [0.3, 0.4) is 0 Å². The van der Waals surface area contributed by atoms with Crippen LogP contribution in [0.1, 0.15) is 24.7 Å². The highest BCUT2D eigenvalue weighted by molar-refractivity contribution is 7.88. The molecule has 0 spiro atoms. The first-order valence-corrected chi connectivity index (χ1v) is 9.26. The fourth-order valence-corrected chi connectivity index (χ4v) is 3.69. The molecule has 2 aromatic rings. The van der Waals surface area contributed by atoms with Crippen molar-refractivity contribution in [3.63, 3.8) is 0 Å². The molecular formula is C15H19N3O4S. The summed E-state index contributed by atoms with van der Waals surface area (Å²) in [6, 6.07) is 7.41. The van der Waals surface area contributed by atoms with Crippen LogP contribution in [-0.4, -0.2) is 49.4 Å². The zero-order valence-electron chi connectivity index (χ0n) is 13.1. The van der Waals surface area contributed by atoms with E-state index in [1.54, 1.807) is 7.11 Å². The van der Waals surface area contributed by atoms with Crippen molar-refractivity contribution >= 4 is 10.0 Å². The third kappa shape index (κ3) is 3.37. The summed E-state index contributed by atoms with van der Waals surface area (Å²) in [6.07, 6.45) is 2.84. The Kier molecular flexibility index (Phi) is 4.36. The molecule has 2 heterocycles. The van der Waals surface area contributed by atoms with E-state index in [0.717, 1.165) is 18.4 Å². The van der Waals surface area contributed by atoms with Gasteiger partial charge < -0.3 is 9.15 Å². The van der Waals surface area contributed by atoms with Crippen molar-refractivity contribution < 1.29 is 17.6 Å². The van der Waals surface area contributed by atoms with Gasteiger partial charge in [0.2, 0.25) is 15.9 Å². The lowest BCUT2D eigenvalue weighted by molar-refractivity contribution is 0.287. The van der Waals surface area contributed by atoms with Gasteiger partial charge in [0.1, 0.15) is 5.75 Å². The second kappa shape index (κ2) is 6.29. The minimum atomic E-state index is -3.20. The fraction of sp³-hybridized carbons (Fsp3) is 0.467. The van der Waals surface area contributed by atoms with Gasteiger partial charge in [0, 0.05) is 13.1 Å². The van der Waals surface area contributed by atoms with E-state index in [1.807, 2.05) is 24.3 Å². The first kappa shape index (κ1) is 15.9. The number of hydrogen-bond donors (Lipinski definition) is 0. The van der Waals surface area contributed by atoms with E-state index in [4.69, 9.17) is 9.15 Å². The van der Waals surface area contributed by atoms with Crippen molar-refractivity contribution in [3.8, 4) is 17.2 Å². The summed E-state index contributed by atoms with van der Waals surface area (Å²) in [7, 11) is -1.61. The second-order valence-corrected chi connectivity index (χ2v) is 7.59. The predicted octanol–water partition coefficient (Wildman–Crippen LogP) is 1.88. The lowest BCUT2D eigenvalue weighted by atomic mass is 10.00. The van der Waals surface area contributed by atoms with Gasteiger partial charge >= 0.3 is 0 Å². The Labute approximate surface area is 135 Å². The first-order valence-electron chi connectivity index (χ1n) is 7.41. The molecule has 0 saturated carbocycles. The number of hydrogen-bond acceptors (Lipinski definition) is 6. The maximum absolute atomic E-state index is 11.7. The second-order valence-electron chi connectivity index (χ2n) is 5.61. The van der Waals surface area contributed by atoms with Crippen LogP contribution in [0, 0.1) is 0 Å². The van der Waals surface area contributed by atoms with Crippen molar-refractivity contribution in [2.75, 3.05) is 26.5 Å². The first-order chi connectivity index (χ1) is 11.0. The third-order valence-electron chi connectivity index (χ3n) is 3.98. The Hall–Kier alpha value is -1.93. The summed E-state index contributed by atoms with van der Waals surface area (Å²) in [6.45, 7) is 0.926. The maximum atomic E-state index is 11.7. The molecule has 1 aromatic carbocycles. The molecule has 1 atom stereocenters. The average Bonchev–Trinajstić information content (AvgIpc) is 3.04. The van der Waals surface area contributed by atoms with E-state index >= 15 is 0 Å². The molecule has 8 heteroatoms. The molecule has 0 N–H and O–H groups in total. The van der Waals surface area contributed by atoms with Crippen LogP contribution < -0.4 is 4.74 Å². The van der Waals surface area contributed by atoms with Crippen molar-refractivity contribution in [1.29, 1.82) is 0 Å². The SMILES string of the molecule is COc1ccccc1-c1nnc([C@@H]2CCCN(S(C)(=O)=O)C2)o1. The number of rotatable bonds is 4. The molecule has 1 saturated heterocycles. The molecule has 0 amide bonds. The van der Waals surface area contributed by atoms with E-state index in [2.05, 4.69) is 10.2 Å². The van der Waals surface area contributed by atoms with E-state index in [9.17, 15) is 8.42 Å². The Morgan fingerprint density at radius 3 is 2.83 bits per heavy atom. The van der Waals surface area contributed by atoms with E-state index in [0.29, 0.717) is 30.6 Å². The molecule has 124 valence electrons. The molecule has 1 aliphatic heterocycles. The molecule has 7 nitrogen and oxygen atoms in total. The molecule has 1 aromatic heterocycles. The zero-order valence-corrected chi connectivity index (χ0v) is 13.9. The van der Waals surface area contributed by atoms with Gasteiger partial charge in [-0.3, -0.25) is 0 Å². The monoisotopic (exact) mass is 337 g/mol. The van der Waals surface area contributed by atoms with Crippen LogP contribution in [0.15, 0.2) is 28.7 Å². The number of aromatic nitrogens is 2. The molecule has 1 fully saturated rings. The van der Waals surface area contributed by atoms with Gasteiger partial charge in [-0.2, -0.15) is 0 Å². The minimum Gasteiger partial charge on any atom is -0.496 e. The Morgan fingerprint density at radius 1 is 1.30 bits per heavy atom. The highest BCUT2D eigenvalue weighted by atomic mass is 32.2. The molecule has 1 aliphatic rings. The molecule has 0 aliphatic carbocycles. The summed E-state index contributed by atoms with van der Waals surface area (Å²) in [5, 5.41) is 8.21. The lowest BCUT2D eigenvalue weighted by Crippen LogP contribution is -2.38. The van der Waals surface area contributed by atoms with Crippen LogP contribution >= 0.6 is 0 Å². The van der Waals surface area contributed by atoms with Gasteiger partial charge in [0.15, 0.2) is 0 Å². The number of sulfonamides is 1. The Balaban J connectivity index is 1.84. The largest absolute Gasteiger partial charge is 0.496 e. The van der Waals surface area contributed by atoms with E-state index < -0.39 is 10.0 Å². The third-order valence-corrected chi connectivity index (χ3v) is 5.25. The van der Waals surface area contributed by atoms with Gasteiger partial charge in [0.05, 0.1) is 24.8 Å². The van der Waals surface area contributed by atoms with Gasteiger partial charge in [0.25, 0.3) is 5.89 Å². The molecule has 0 bridgehead atoms. The minimum absolute atomic E-state index is 0.0746. The predicted molar refractivity (Wildman–Crippen MR) is 84.7 cm³/mol. The number of benzene rings is 1. The van der Waals surface area contributed by atoms with Crippen LogP contribution in [-0.2, 0) is 10.0 Å². The quantitative estimate of drug-likeness (QED) is 0.847. The summed E-state index contributed by atoms with van der Waals surface area (Å²) in [5.41, 5.74) is 0.726. The number of nitrogens with zero attached hydrogens (tertiary/aromatic N) is 3. The van der Waals surface area contributed by atoms with Crippen molar-refractivity contribution in [1.82, 2.24) is 14.5 Å². The highest BCUT2D eigenvalue weighted by Crippen LogP contribution is 2.32. The van der Waals surface area contributed by atoms with Gasteiger partial charge in [-0.05, 0) is 25.0 Å². The van der Waals surface area contributed by atoms with E-state index in [1.165, 1.54) is 10.6 Å². The van der Waals surface area contributed by atoms with Gasteiger partial charge in [-0.25, -0.2) is 12.7 Å². The summed E-state index contributed by atoms with van der Waals surface area (Å²) in [4.78, 5) is 0. The van der Waals surface area contributed by atoms with Crippen molar-refractivity contribution in [3.05, 3.63) is 30.2 Å². The fourth-order valence-electron chi connectivity index (χ4n) is 2.77. The standard InChI is InChI=1S/C15H19N3O4S/c1-21-13-8-4-3-7-12(13)15-17-16-14(22-15)11-6-5-9-18(10-11)23(2,19)20/h3-4,7-8,11H,5-6,9-10H2,1-2H3/t11-/m1/s1.